The van der Waals surface area contributed by atoms with Gasteiger partial charge in [-0.3, -0.25) is 4.79 Å². The molecule has 1 aromatic heterocycles. The van der Waals surface area contributed by atoms with Gasteiger partial charge in [0, 0.05) is 25.0 Å². The number of carbonyl (C=O) groups is 1. The average molecular weight is 446 g/mol. The van der Waals surface area contributed by atoms with Crippen molar-refractivity contribution >= 4 is 28.5 Å². The first kappa shape index (κ1) is 22.1. The van der Waals surface area contributed by atoms with Gasteiger partial charge >= 0.3 is 0 Å². The van der Waals surface area contributed by atoms with Crippen LogP contribution in [-0.2, 0) is 17.8 Å². The molecule has 4 nitrogen and oxygen atoms in total. The summed E-state index contributed by atoms with van der Waals surface area (Å²) in [6.45, 7) is 2.69. The van der Waals surface area contributed by atoms with Crippen LogP contribution < -0.4 is 0 Å². The molecule has 0 saturated heterocycles. The lowest BCUT2D eigenvalue weighted by atomic mass is 10.1. The van der Waals surface area contributed by atoms with Gasteiger partial charge in [0.25, 0.3) is 0 Å². The highest BCUT2D eigenvalue weighted by Gasteiger charge is 2.27. The summed E-state index contributed by atoms with van der Waals surface area (Å²) in [6, 6.07) is 25.6. The summed E-state index contributed by atoms with van der Waals surface area (Å²) in [6.07, 6.45) is 2.21. The van der Waals surface area contributed by atoms with Gasteiger partial charge < -0.3 is 9.47 Å². The highest BCUT2D eigenvalue weighted by Crippen LogP contribution is 2.29. The van der Waals surface area contributed by atoms with Crippen LogP contribution in [0.2, 0.25) is 5.02 Å². The van der Waals surface area contributed by atoms with Crippen molar-refractivity contribution in [3.05, 3.63) is 101 Å². The molecule has 0 fully saturated rings. The van der Waals surface area contributed by atoms with Crippen LogP contribution in [0.5, 0.6) is 0 Å². The van der Waals surface area contributed by atoms with Gasteiger partial charge in [-0.2, -0.15) is 0 Å². The normalized spacial score (nSPS) is 12.1. The molecule has 3 aromatic carbocycles. The maximum atomic E-state index is 13.7. The van der Waals surface area contributed by atoms with Crippen LogP contribution in [0.3, 0.4) is 0 Å². The first-order valence-electron chi connectivity index (χ1n) is 11.1. The van der Waals surface area contributed by atoms with Gasteiger partial charge in [-0.15, -0.1) is 0 Å². The number of benzene rings is 3. The van der Waals surface area contributed by atoms with E-state index in [2.05, 4.69) is 11.5 Å². The van der Waals surface area contributed by atoms with Crippen LogP contribution in [0.15, 0.2) is 78.9 Å². The van der Waals surface area contributed by atoms with Gasteiger partial charge in [0.2, 0.25) is 5.91 Å². The molecule has 0 aliphatic heterocycles. The van der Waals surface area contributed by atoms with E-state index in [0.29, 0.717) is 18.0 Å². The minimum absolute atomic E-state index is 0.0965. The highest BCUT2D eigenvalue weighted by atomic mass is 35.5. The Morgan fingerprint density at radius 2 is 1.69 bits per heavy atom. The third-order valence-corrected chi connectivity index (χ3v) is 6.14. The van der Waals surface area contributed by atoms with Crippen molar-refractivity contribution < 1.29 is 4.79 Å². The summed E-state index contributed by atoms with van der Waals surface area (Å²) < 4.78 is 2.13. The molecule has 1 atom stereocenters. The molecule has 1 amide bonds. The molecule has 0 aliphatic rings. The number of amides is 1. The predicted molar refractivity (Wildman–Crippen MR) is 131 cm³/mol. The lowest BCUT2D eigenvalue weighted by molar-refractivity contribution is -0.134. The Balaban J connectivity index is 1.74. The van der Waals surface area contributed by atoms with E-state index in [0.717, 1.165) is 40.8 Å². The summed E-state index contributed by atoms with van der Waals surface area (Å²) in [7, 11) is 1.88. The first-order valence-corrected chi connectivity index (χ1v) is 11.4. The van der Waals surface area contributed by atoms with Crippen molar-refractivity contribution in [1.82, 2.24) is 14.5 Å². The number of carbonyl (C=O) groups excluding carboxylic acids is 1. The van der Waals surface area contributed by atoms with Gasteiger partial charge in [0.15, 0.2) is 0 Å². The molecule has 0 radical (unpaired) electrons. The fraction of sp³-hybridized carbons (Fsp3) is 0.259. The molecule has 0 unspecified atom stereocenters. The van der Waals surface area contributed by atoms with Crippen molar-refractivity contribution in [2.75, 3.05) is 7.05 Å². The zero-order valence-electron chi connectivity index (χ0n) is 18.5. The number of hydrogen-bond donors (Lipinski definition) is 0. The quantitative estimate of drug-likeness (QED) is 0.320. The Bertz CT molecular complexity index is 1200. The topological polar surface area (TPSA) is 38.1 Å². The summed E-state index contributed by atoms with van der Waals surface area (Å²) in [5, 5.41) is 0.714. The van der Waals surface area contributed by atoms with Crippen LogP contribution >= 0.6 is 11.6 Å². The monoisotopic (exact) mass is 445 g/mol. The predicted octanol–water partition coefficient (Wildman–Crippen LogP) is 6.28. The van der Waals surface area contributed by atoms with Crippen molar-refractivity contribution in [3.8, 4) is 0 Å². The summed E-state index contributed by atoms with van der Waals surface area (Å²) in [5.41, 5.74) is 4.00. The lowest BCUT2D eigenvalue weighted by Gasteiger charge is -2.26. The standard InChI is InChI=1S/C27H28ClN3O/c1-3-11-25(27(32)30(2)19-20-12-5-4-6-13-20)31-24-17-10-9-16-23(24)29-26(31)18-21-14-7-8-15-22(21)28/h4-10,12-17,25H,3,11,18-19H2,1-2H3/t25-/m0/s1. The largest absolute Gasteiger partial charge is 0.340 e. The number of halogens is 1. The number of para-hydroxylation sites is 2. The Hall–Kier alpha value is -3.11. The van der Waals surface area contributed by atoms with Crippen molar-refractivity contribution in [2.45, 2.75) is 38.8 Å². The van der Waals surface area contributed by atoms with Gasteiger partial charge in [0.1, 0.15) is 11.9 Å². The molecule has 0 spiro atoms. The molecule has 32 heavy (non-hydrogen) atoms. The van der Waals surface area contributed by atoms with E-state index in [1.54, 1.807) is 0 Å². The number of nitrogens with zero attached hydrogens (tertiary/aromatic N) is 3. The third kappa shape index (κ3) is 4.71. The van der Waals surface area contributed by atoms with Gasteiger partial charge in [0.05, 0.1) is 11.0 Å². The van der Waals surface area contributed by atoms with Crippen molar-refractivity contribution in [2.24, 2.45) is 0 Å². The van der Waals surface area contributed by atoms with E-state index in [1.807, 2.05) is 90.8 Å². The zero-order chi connectivity index (χ0) is 22.5. The Morgan fingerprint density at radius 1 is 1.00 bits per heavy atom. The fourth-order valence-electron chi connectivity index (χ4n) is 4.20. The maximum Gasteiger partial charge on any atom is 0.245 e. The van der Waals surface area contributed by atoms with E-state index in [1.165, 1.54) is 0 Å². The van der Waals surface area contributed by atoms with E-state index in [4.69, 9.17) is 16.6 Å². The molecule has 4 rings (SSSR count). The van der Waals surface area contributed by atoms with Crippen LogP contribution in [-0.4, -0.2) is 27.4 Å². The SMILES string of the molecule is CCC[C@@H](C(=O)N(C)Cc1ccccc1)n1c(Cc2ccccc2Cl)nc2ccccc21. The third-order valence-electron chi connectivity index (χ3n) is 5.77. The Labute approximate surface area is 194 Å². The van der Waals surface area contributed by atoms with Crippen LogP contribution in [0, 0.1) is 0 Å². The number of imidazole rings is 1. The minimum atomic E-state index is -0.321. The second-order valence-electron chi connectivity index (χ2n) is 8.14. The Morgan fingerprint density at radius 3 is 2.44 bits per heavy atom. The molecule has 0 saturated carbocycles. The van der Waals surface area contributed by atoms with Crippen molar-refractivity contribution in [1.29, 1.82) is 0 Å². The molecule has 5 heteroatoms. The van der Waals surface area contributed by atoms with Gasteiger partial charge in [-0.1, -0.05) is 85.6 Å². The molecular formula is C27H28ClN3O. The highest BCUT2D eigenvalue weighted by molar-refractivity contribution is 6.31. The second kappa shape index (κ2) is 10.0. The van der Waals surface area contributed by atoms with Crippen LogP contribution in [0.4, 0.5) is 0 Å². The first-order chi connectivity index (χ1) is 15.6. The van der Waals surface area contributed by atoms with E-state index in [-0.39, 0.29) is 11.9 Å². The second-order valence-corrected chi connectivity index (χ2v) is 8.55. The molecule has 0 aliphatic carbocycles. The molecule has 1 heterocycles. The number of rotatable bonds is 8. The van der Waals surface area contributed by atoms with E-state index < -0.39 is 0 Å². The van der Waals surface area contributed by atoms with Crippen molar-refractivity contribution in [3.63, 3.8) is 0 Å². The molecule has 4 aromatic rings. The van der Waals surface area contributed by atoms with E-state index >= 15 is 0 Å². The van der Waals surface area contributed by atoms with Gasteiger partial charge in [-0.25, -0.2) is 4.98 Å². The number of likely N-dealkylation sites (N-methyl/N-ethyl adjacent to an activating group) is 1. The molecular weight excluding hydrogens is 418 g/mol. The summed E-state index contributed by atoms with van der Waals surface area (Å²) in [5.74, 6) is 0.957. The van der Waals surface area contributed by atoms with Crippen LogP contribution in [0.25, 0.3) is 11.0 Å². The zero-order valence-corrected chi connectivity index (χ0v) is 19.3. The molecule has 0 bridgehead atoms. The number of hydrogen-bond acceptors (Lipinski definition) is 2. The van der Waals surface area contributed by atoms with Crippen LogP contribution in [0.1, 0.15) is 42.8 Å². The fourth-order valence-corrected chi connectivity index (χ4v) is 4.41. The van der Waals surface area contributed by atoms with Gasteiger partial charge in [-0.05, 0) is 35.7 Å². The minimum Gasteiger partial charge on any atom is -0.340 e. The molecule has 164 valence electrons. The number of aromatic nitrogens is 2. The summed E-state index contributed by atoms with van der Waals surface area (Å²) >= 11 is 6.46. The van der Waals surface area contributed by atoms with E-state index in [9.17, 15) is 4.79 Å². The summed E-state index contributed by atoms with van der Waals surface area (Å²) in [4.78, 5) is 20.4. The lowest BCUT2D eigenvalue weighted by Crippen LogP contribution is -2.34. The maximum absolute atomic E-state index is 13.7. The molecule has 0 N–H and O–H groups in total. The Kier molecular flexibility index (Phi) is 6.91. The smallest absolute Gasteiger partial charge is 0.245 e. The average Bonchev–Trinajstić information content (AvgIpc) is 3.17. The number of fused-ring (bicyclic) bond motifs is 1.